The number of nitrogens with one attached hydrogen (secondary N) is 1. The first kappa shape index (κ1) is 19.6. The lowest BCUT2D eigenvalue weighted by Gasteiger charge is -2.12. The number of carbonyl (C=O) groups is 1. The first-order chi connectivity index (χ1) is 13.9. The van der Waals surface area contributed by atoms with Crippen LogP contribution in [0.25, 0.3) is 22.3 Å². The van der Waals surface area contributed by atoms with Crippen LogP contribution in [0.5, 0.6) is 0 Å². The zero-order valence-electron chi connectivity index (χ0n) is 16.6. The average Bonchev–Trinajstić information content (AvgIpc) is 3.25. The van der Waals surface area contributed by atoms with Crippen molar-refractivity contribution >= 4 is 26.8 Å². The van der Waals surface area contributed by atoms with Crippen molar-refractivity contribution in [3.05, 3.63) is 47.7 Å². The van der Waals surface area contributed by atoms with Crippen LogP contribution in [0.4, 0.5) is 0 Å². The van der Waals surface area contributed by atoms with E-state index in [0.29, 0.717) is 41.0 Å². The molecule has 29 heavy (non-hydrogen) atoms. The van der Waals surface area contributed by atoms with Gasteiger partial charge in [-0.3, -0.25) is 4.79 Å². The second kappa shape index (κ2) is 7.59. The van der Waals surface area contributed by atoms with Gasteiger partial charge in [-0.25, -0.2) is 18.1 Å². The Bertz CT molecular complexity index is 1170. The lowest BCUT2D eigenvalue weighted by Crippen LogP contribution is -2.24. The number of hydrogen-bond donors (Lipinski definition) is 1. The largest absolute Gasteiger partial charge is 0.352 e. The van der Waals surface area contributed by atoms with Gasteiger partial charge in [-0.1, -0.05) is 37.3 Å². The van der Waals surface area contributed by atoms with Crippen LogP contribution in [0, 0.1) is 6.92 Å². The second-order valence-corrected chi connectivity index (χ2v) is 9.69. The standard InChI is InChI=1S/C21H24N4O3S/c1-3-10-22-21(26)17-12-18(15-7-5-4-6-8-15)23-20-19(17)14(2)24-25(20)16-9-11-29(27,28)13-16/h4-8,12,16H,3,9-11,13H2,1-2H3,(H,22,26). The molecule has 0 radical (unpaired) electrons. The fourth-order valence-electron chi connectivity index (χ4n) is 3.81. The number of aromatic nitrogens is 3. The van der Waals surface area contributed by atoms with Crippen molar-refractivity contribution in [2.45, 2.75) is 32.7 Å². The predicted molar refractivity (Wildman–Crippen MR) is 113 cm³/mol. The SMILES string of the molecule is CCCNC(=O)c1cc(-c2ccccc2)nc2c1c(C)nn2C1CCS(=O)(=O)C1. The number of fused-ring (bicyclic) bond motifs is 1. The molecule has 0 bridgehead atoms. The highest BCUT2D eigenvalue weighted by atomic mass is 32.2. The van der Waals surface area contributed by atoms with Gasteiger partial charge in [-0.05, 0) is 25.8 Å². The summed E-state index contributed by atoms with van der Waals surface area (Å²) >= 11 is 0. The third-order valence-electron chi connectivity index (χ3n) is 5.24. The third kappa shape index (κ3) is 3.76. The molecular formula is C21H24N4O3S. The molecule has 7 nitrogen and oxygen atoms in total. The summed E-state index contributed by atoms with van der Waals surface area (Å²) in [6, 6.07) is 11.2. The Balaban J connectivity index is 1.92. The van der Waals surface area contributed by atoms with Crippen LogP contribution in [0.3, 0.4) is 0 Å². The molecule has 8 heteroatoms. The van der Waals surface area contributed by atoms with Crippen molar-refractivity contribution in [2.24, 2.45) is 0 Å². The van der Waals surface area contributed by atoms with E-state index in [1.54, 1.807) is 10.7 Å². The molecule has 0 spiro atoms. The summed E-state index contributed by atoms with van der Waals surface area (Å²) in [4.78, 5) is 17.7. The van der Waals surface area contributed by atoms with Crippen molar-refractivity contribution in [2.75, 3.05) is 18.1 Å². The summed E-state index contributed by atoms with van der Waals surface area (Å²) in [5, 5.41) is 8.23. The maximum Gasteiger partial charge on any atom is 0.252 e. The third-order valence-corrected chi connectivity index (χ3v) is 6.99. The van der Waals surface area contributed by atoms with Gasteiger partial charge in [0.15, 0.2) is 15.5 Å². The maximum atomic E-state index is 12.9. The van der Waals surface area contributed by atoms with Crippen molar-refractivity contribution in [1.82, 2.24) is 20.1 Å². The summed E-state index contributed by atoms with van der Waals surface area (Å²) in [6.07, 6.45) is 1.34. The summed E-state index contributed by atoms with van der Waals surface area (Å²) < 4.78 is 25.7. The molecule has 1 amide bonds. The van der Waals surface area contributed by atoms with Gasteiger partial charge in [0.25, 0.3) is 5.91 Å². The lowest BCUT2D eigenvalue weighted by molar-refractivity contribution is 0.0955. The summed E-state index contributed by atoms with van der Waals surface area (Å²) in [5.74, 6) is 0.0381. The molecule has 1 N–H and O–H groups in total. The molecule has 3 aromatic rings. The topological polar surface area (TPSA) is 93.9 Å². The fourth-order valence-corrected chi connectivity index (χ4v) is 5.50. The van der Waals surface area contributed by atoms with E-state index in [-0.39, 0.29) is 23.5 Å². The van der Waals surface area contributed by atoms with Crippen LogP contribution in [0.15, 0.2) is 36.4 Å². The van der Waals surface area contributed by atoms with E-state index >= 15 is 0 Å². The van der Waals surface area contributed by atoms with Crippen molar-refractivity contribution in [3.63, 3.8) is 0 Å². The maximum absolute atomic E-state index is 12.9. The van der Waals surface area contributed by atoms with Gasteiger partial charge >= 0.3 is 0 Å². The lowest BCUT2D eigenvalue weighted by atomic mass is 10.0. The molecule has 1 atom stereocenters. The number of amides is 1. The van der Waals surface area contributed by atoms with Gasteiger partial charge in [-0.2, -0.15) is 5.10 Å². The monoisotopic (exact) mass is 412 g/mol. The number of nitrogens with zero attached hydrogens (tertiary/aromatic N) is 3. The number of benzene rings is 1. The van der Waals surface area contributed by atoms with Gasteiger partial charge in [0.2, 0.25) is 0 Å². The smallest absolute Gasteiger partial charge is 0.252 e. The van der Waals surface area contributed by atoms with Crippen molar-refractivity contribution < 1.29 is 13.2 Å². The molecule has 152 valence electrons. The first-order valence-electron chi connectivity index (χ1n) is 9.83. The molecule has 1 aliphatic heterocycles. The highest BCUT2D eigenvalue weighted by Gasteiger charge is 2.32. The highest BCUT2D eigenvalue weighted by molar-refractivity contribution is 7.91. The van der Waals surface area contributed by atoms with Gasteiger partial charge in [0.1, 0.15) is 0 Å². The number of carbonyl (C=O) groups excluding carboxylic acids is 1. The Hall–Kier alpha value is -2.74. The number of hydrogen-bond acceptors (Lipinski definition) is 5. The van der Waals surface area contributed by atoms with Crippen LogP contribution >= 0.6 is 0 Å². The zero-order valence-corrected chi connectivity index (χ0v) is 17.4. The molecule has 3 heterocycles. The zero-order chi connectivity index (χ0) is 20.6. The van der Waals surface area contributed by atoms with Gasteiger partial charge in [-0.15, -0.1) is 0 Å². The minimum absolute atomic E-state index is 0.0534. The van der Waals surface area contributed by atoms with E-state index in [1.165, 1.54) is 0 Å². The van der Waals surface area contributed by atoms with Crippen LogP contribution in [-0.2, 0) is 9.84 Å². The number of sulfone groups is 1. The highest BCUT2D eigenvalue weighted by Crippen LogP contribution is 2.32. The predicted octanol–water partition coefficient (Wildman–Crippen LogP) is 2.91. The Labute approximate surface area is 170 Å². The molecule has 0 aliphatic carbocycles. The van der Waals surface area contributed by atoms with E-state index in [2.05, 4.69) is 10.4 Å². The molecule has 0 saturated carbocycles. The van der Waals surface area contributed by atoms with Gasteiger partial charge in [0.05, 0.1) is 39.9 Å². The summed E-state index contributed by atoms with van der Waals surface area (Å²) in [5.41, 5.74) is 3.32. The van der Waals surface area contributed by atoms with Crippen molar-refractivity contribution in [1.29, 1.82) is 0 Å². The van der Waals surface area contributed by atoms with Crippen LogP contribution < -0.4 is 5.32 Å². The van der Waals surface area contributed by atoms with Gasteiger partial charge in [0, 0.05) is 12.1 Å². The summed E-state index contributed by atoms with van der Waals surface area (Å²) in [6.45, 7) is 4.42. The van der Waals surface area contributed by atoms with Crippen LogP contribution in [0.2, 0.25) is 0 Å². The Morgan fingerprint density at radius 3 is 2.69 bits per heavy atom. The molecule has 4 rings (SSSR count). The molecular weight excluding hydrogens is 388 g/mol. The molecule has 1 unspecified atom stereocenters. The number of pyridine rings is 1. The van der Waals surface area contributed by atoms with Gasteiger partial charge < -0.3 is 5.32 Å². The van der Waals surface area contributed by atoms with E-state index in [9.17, 15) is 13.2 Å². The molecule has 2 aromatic heterocycles. The minimum Gasteiger partial charge on any atom is -0.352 e. The fraction of sp³-hybridized carbons (Fsp3) is 0.381. The Kier molecular flexibility index (Phi) is 5.12. The minimum atomic E-state index is -3.07. The normalized spacial score (nSPS) is 18.2. The first-order valence-corrected chi connectivity index (χ1v) is 11.7. The van der Waals surface area contributed by atoms with E-state index in [0.717, 1.165) is 12.0 Å². The van der Waals surface area contributed by atoms with E-state index in [4.69, 9.17) is 4.98 Å². The molecule has 1 aromatic carbocycles. The summed E-state index contributed by atoms with van der Waals surface area (Å²) in [7, 11) is -3.07. The number of rotatable bonds is 5. The van der Waals surface area contributed by atoms with E-state index < -0.39 is 9.84 Å². The van der Waals surface area contributed by atoms with Crippen LogP contribution in [-0.4, -0.2) is 47.1 Å². The Morgan fingerprint density at radius 2 is 2.03 bits per heavy atom. The average molecular weight is 413 g/mol. The van der Waals surface area contributed by atoms with E-state index in [1.807, 2.05) is 44.2 Å². The Morgan fingerprint density at radius 1 is 1.28 bits per heavy atom. The number of aryl methyl sites for hydroxylation is 1. The molecule has 1 fully saturated rings. The van der Waals surface area contributed by atoms with Crippen molar-refractivity contribution in [3.8, 4) is 11.3 Å². The van der Waals surface area contributed by atoms with Crippen LogP contribution in [0.1, 0.15) is 41.9 Å². The molecule has 1 saturated heterocycles. The molecule has 1 aliphatic rings. The second-order valence-electron chi connectivity index (χ2n) is 7.46. The quantitative estimate of drug-likeness (QED) is 0.695.